The Morgan fingerprint density at radius 1 is 1.29 bits per heavy atom. The van der Waals surface area contributed by atoms with Gasteiger partial charge in [0.15, 0.2) is 0 Å². The highest BCUT2D eigenvalue weighted by Crippen LogP contribution is 2.49. The lowest BCUT2D eigenvalue weighted by atomic mass is 10.1. The van der Waals surface area contributed by atoms with Gasteiger partial charge in [-0.3, -0.25) is 4.79 Å². The van der Waals surface area contributed by atoms with Crippen molar-refractivity contribution < 1.29 is 4.79 Å². The van der Waals surface area contributed by atoms with Crippen LogP contribution in [0.5, 0.6) is 0 Å². The third-order valence-corrected chi connectivity index (χ3v) is 5.99. The summed E-state index contributed by atoms with van der Waals surface area (Å²) in [7, 11) is 0. The minimum atomic E-state index is 0.0504. The SMILES string of the molecule is CCSc1ccccc1C(=O)NCC1(c2cccs2)CC1. The van der Waals surface area contributed by atoms with Crippen molar-refractivity contribution in [2.24, 2.45) is 0 Å². The predicted octanol–water partition coefficient (Wildman–Crippen LogP) is 4.32. The Labute approximate surface area is 134 Å². The fourth-order valence-electron chi connectivity index (χ4n) is 2.52. The summed E-state index contributed by atoms with van der Waals surface area (Å²) in [4.78, 5) is 14.9. The van der Waals surface area contributed by atoms with Gasteiger partial charge in [0.2, 0.25) is 0 Å². The molecule has 1 aliphatic rings. The first-order valence-corrected chi connectivity index (χ1v) is 9.16. The molecular weight excluding hydrogens is 298 g/mol. The van der Waals surface area contributed by atoms with Crippen LogP contribution in [0.25, 0.3) is 0 Å². The first kappa shape index (κ1) is 14.7. The smallest absolute Gasteiger partial charge is 0.252 e. The predicted molar refractivity (Wildman–Crippen MR) is 90.4 cm³/mol. The van der Waals surface area contributed by atoms with Crippen LogP contribution in [0.2, 0.25) is 0 Å². The first-order valence-electron chi connectivity index (χ1n) is 7.29. The van der Waals surface area contributed by atoms with Crippen molar-refractivity contribution in [3.8, 4) is 0 Å². The van der Waals surface area contributed by atoms with Gasteiger partial charge in [0, 0.05) is 21.7 Å². The van der Waals surface area contributed by atoms with Gasteiger partial charge < -0.3 is 5.32 Å². The van der Waals surface area contributed by atoms with Crippen LogP contribution in [0.3, 0.4) is 0 Å². The highest BCUT2D eigenvalue weighted by Gasteiger charge is 2.45. The van der Waals surface area contributed by atoms with Gasteiger partial charge >= 0.3 is 0 Å². The zero-order valence-electron chi connectivity index (χ0n) is 12.1. The summed E-state index contributed by atoms with van der Waals surface area (Å²) in [5, 5.41) is 5.26. The second kappa shape index (κ2) is 6.24. The van der Waals surface area contributed by atoms with E-state index in [0.717, 1.165) is 22.8 Å². The summed E-state index contributed by atoms with van der Waals surface area (Å²) in [6, 6.07) is 12.1. The maximum Gasteiger partial charge on any atom is 0.252 e. The van der Waals surface area contributed by atoms with Crippen LogP contribution in [0.15, 0.2) is 46.7 Å². The highest BCUT2D eigenvalue weighted by molar-refractivity contribution is 7.99. The number of hydrogen-bond acceptors (Lipinski definition) is 3. The van der Waals surface area contributed by atoms with Crippen molar-refractivity contribution in [2.75, 3.05) is 12.3 Å². The maximum atomic E-state index is 12.5. The molecule has 0 saturated heterocycles. The van der Waals surface area contributed by atoms with E-state index in [1.54, 1.807) is 23.1 Å². The molecule has 1 amide bonds. The molecule has 0 atom stereocenters. The highest BCUT2D eigenvalue weighted by atomic mass is 32.2. The Bertz CT molecular complexity index is 617. The van der Waals surface area contributed by atoms with Crippen LogP contribution in [0.4, 0.5) is 0 Å². The molecule has 1 aromatic heterocycles. The van der Waals surface area contributed by atoms with Gasteiger partial charge in [-0.25, -0.2) is 0 Å². The third-order valence-electron chi connectivity index (χ3n) is 3.92. The molecule has 110 valence electrons. The van der Waals surface area contributed by atoms with E-state index in [2.05, 4.69) is 29.8 Å². The molecule has 1 aromatic carbocycles. The Balaban J connectivity index is 1.68. The second-order valence-corrected chi connectivity index (χ2v) is 7.62. The van der Waals surface area contributed by atoms with Gasteiger partial charge in [-0.15, -0.1) is 23.1 Å². The second-order valence-electron chi connectivity index (χ2n) is 5.37. The van der Waals surface area contributed by atoms with E-state index in [-0.39, 0.29) is 11.3 Å². The molecule has 2 nitrogen and oxygen atoms in total. The summed E-state index contributed by atoms with van der Waals surface area (Å²) in [6.07, 6.45) is 2.36. The summed E-state index contributed by atoms with van der Waals surface area (Å²) in [5.41, 5.74) is 1.00. The molecule has 21 heavy (non-hydrogen) atoms. The minimum absolute atomic E-state index is 0.0504. The fourth-order valence-corrected chi connectivity index (χ4v) is 4.31. The number of amides is 1. The van der Waals surface area contributed by atoms with Gasteiger partial charge in [0.1, 0.15) is 0 Å². The third kappa shape index (κ3) is 3.16. The monoisotopic (exact) mass is 317 g/mol. The van der Waals surface area contributed by atoms with Crippen LogP contribution in [0.1, 0.15) is 35.0 Å². The molecular formula is C17H19NOS2. The van der Waals surface area contributed by atoms with E-state index in [0.29, 0.717) is 0 Å². The number of rotatable bonds is 6. The number of hydrogen-bond donors (Lipinski definition) is 1. The van der Waals surface area contributed by atoms with Crippen LogP contribution >= 0.6 is 23.1 Å². The molecule has 3 rings (SSSR count). The molecule has 2 aromatic rings. The standard InChI is InChI=1S/C17H19NOS2/c1-2-20-14-7-4-3-6-13(14)16(19)18-12-17(9-10-17)15-8-5-11-21-15/h3-8,11H,2,9-10,12H2,1H3,(H,18,19). The van der Waals surface area contributed by atoms with Gasteiger partial charge in [-0.1, -0.05) is 25.1 Å². The van der Waals surface area contributed by atoms with Crippen molar-refractivity contribution >= 4 is 29.0 Å². The number of carbonyl (C=O) groups excluding carboxylic acids is 1. The van der Waals surface area contributed by atoms with Gasteiger partial charge in [-0.2, -0.15) is 0 Å². The molecule has 1 aliphatic carbocycles. The molecule has 4 heteroatoms. The lowest BCUT2D eigenvalue weighted by Crippen LogP contribution is -2.32. The van der Waals surface area contributed by atoms with E-state index in [9.17, 15) is 4.79 Å². The molecule has 0 unspecified atom stereocenters. The van der Waals surface area contributed by atoms with E-state index in [4.69, 9.17) is 0 Å². The van der Waals surface area contributed by atoms with Crippen molar-refractivity contribution in [3.05, 3.63) is 52.2 Å². The Kier molecular flexibility index (Phi) is 4.36. The zero-order chi connectivity index (χ0) is 14.7. The molecule has 0 radical (unpaired) electrons. The van der Waals surface area contributed by atoms with Crippen LogP contribution in [0, 0.1) is 0 Å². The van der Waals surface area contributed by atoms with E-state index in [1.807, 2.05) is 24.3 Å². The normalized spacial score (nSPS) is 15.7. The molecule has 1 saturated carbocycles. The van der Waals surface area contributed by atoms with Gasteiger partial charge in [0.25, 0.3) is 5.91 Å². The molecule has 1 heterocycles. The summed E-state index contributed by atoms with van der Waals surface area (Å²) in [6.45, 7) is 2.85. The topological polar surface area (TPSA) is 29.1 Å². The Morgan fingerprint density at radius 2 is 2.10 bits per heavy atom. The fraction of sp³-hybridized carbons (Fsp3) is 0.353. The lowest BCUT2D eigenvalue weighted by Gasteiger charge is -2.15. The van der Waals surface area contributed by atoms with E-state index in [1.165, 1.54) is 17.7 Å². The molecule has 0 spiro atoms. The minimum Gasteiger partial charge on any atom is -0.351 e. The van der Waals surface area contributed by atoms with Gasteiger partial charge in [-0.05, 0) is 42.2 Å². The van der Waals surface area contributed by atoms with Gasteiger partial charge in [0.05, 0.1) is 5.56 Å². The van der Waals surface area contributed by atoms with Crippen LogP contribution in [-0.2, 0) is 5.41 Å². The van der Waals surface area contributed by atoms with Crippen LogP contribution in [-0.4, -0.2) is 18.2 Å². The Hall–Kier alpha value is -1.26. The number of thiophene rings is 1. The average molecular weight is 317 g/mol. The van der Waals surface area contributed by atoms with E-state index >= 15 is 0 Å². The van der Waals surface area contributed by atoms with Crippen LogP contribution < -0.4 is 5.32 Å². The maximum absolute atomic E-state index is 12.5. The number of benzene rings is 1. The lowest BCUT2D eigenvalue weighted by molar-refractivity contribution is 0.0947. The first-order chi connectivity index (χ1) is 10.2. The molecule has 1 fully saturated rings. The number of thioether (sulfide) groups is 1. The van der Waals surface area contributed by atoms with Crippen molar-refractivity contribution in [2.45, 2.75) is 30.1 Å². The summed E-state index contributed by atoms with van der Waals surface area (Å²) >= 11 is 3.51. The quantitative estimate of drug-likeness (QED) is 0.804. The number of nitrogens with one attached hydrogen (secondary N) is 1. The van der Waals surface area contributed by atoms with E-state index < -0.39 is 0 Å². The molecule has 0 aliphatic heterocycles. The largest absolute Gasteiger partial charge is 0.351 e. The zero-order valence-corrected chi connectivity index (χ0v) is 13.7. The van der Waals surface area contributed by atoms with Crippen molar-refractivity contribution in [1.82, 2.24) is 5.32 Å². The van der Waals surface area contributed by atoms with Crippen molar-refractivity contribution in [3.63, 3.8) is 0 Å². The Morgan fingerprint density at radius 3 is 2.76 bits per heavy atom. The average Bonchev–Trinajstić information content (AvgIpc) is 3.09. The summed E-state index contributed by atoms with van der Waals surface area (Å²) < 4.78 is 0. The molecule has 1 N–H and O–H groups in total. The van der Waals surface area contributed by atoms with Crippen molar-refractivity contribution in [1.29, 1.82) is 0 Å². The molecule has 0 bridgehead atoms. The number of carbonyl (C=O) groups is 1. The summed E-state index contributed by atoms with van der Waals surface area (Å²) in [5.74, 6) is 1.03.